The van der Waals surface area contributed by atoms with Crippen LogP contribution in [0.2, 0.25) is 0 Å². The SMILES string of the molecule is CCCc1nc2ccccc2n1CCNCC. The molecule has 1 aromatic heterocycles. The molecule has 1 N–H and O–H groups in total. The summed E-state index contributed by atoms with van der Waals surface area (Å²) in [5.74, 6) is 1.21. The highest BCUT2D eigenvalue weighted by atomic mass is 15.1. The molecule has 0 aliphatic heterocycles. The molecule has 0 fully saturated rings. The van der Waals surface area contributed by atoms with Crippen molar-refractivity contribution < 1.29 is 0 Å². The van der Waals surface area contributed by atoms with E-state index in [2.05, 4.69) is 48.0 Å². The zero-order chi connectivity index (χ0) is 12.1. The summed E-state index contributed by atoms with van der Waals surface area (Å²) < 4.78 is 2.35. The second-order valence-electron chi connectivity index (χ2n) is 4.27. The van der Waals surface area contributed by atoms with E-state index in [9.17, 15) is 0 Å². The minimum absolute atomic E-state index is 1.00. The summed E-state index contributed by atoms with van der Waals surface area (Å²) in [6.45, 7) is 7.37. The monoisotopic (exact) mass is 231 g/mol. The van der Waals surface area contributed by atoms with Crippen LogP contribution in [0.1, 0.15) is 26.1 Å². The van der Waals surface area contributed by atoms with E-state index in [4.69, 9.17) is 4.98 Å². The van der Waals surface area contributed by atoms with Gasteiger partial charge < -0.3 is 9.88 Å². The van der Waals surface area contributed by atoms with Gasteiger partial charge in [0.1, 0.15) is 5.82 Å². The van der Waals surface area contributed by atoms with Crippen LogP contribution in [-0.4, -0.2) is 22.6 Å². The third kappa shape index (κ3) is 2.67. The number of nitrogens with zero attached hydrogens (tertiary/aromatic N) is 2. The van der Waals surface area contributed by atoms with Crippen LogP contribution in [-0.2, 0) is 13.0 Å². The molecule has 0 aliphatic carbocycles. The molecule has 0 atom stereocenters. The number of hydrogen-bond donors (Lipinski definition) is 1. The summed E-state index contributed by atoms with van der Waals surface area (Å²) >= 11 is 0. The summed E-state index contributed by atoms with van der Waals surface area (Å²) in [6, 6.07) is 8.40. The minimum Gasteiger partial charge on any atom is -0.327 e. The molecular weight excluding hydrogens is 210 g/mol. The van der Waals surface area contributed by atoms with Crippen molar-refractivity contribution in [2.24, 2.45) is 0 Å². The third-order valence-corrected chi connectivity index (χ3v) is 2.97. The topological polar surface area (TPSA) is 29.9 Å². The Hall–Kier alpha value is -1.35. The number of para-hydroxylation sites is 2. The molecule has 0 radical (unpaired) electrons. The molecule has 1 heterocycles. The summed E-state index contributed by atoms with van der Waals surface area (Å²) in [5, 5.41) is 3.37. The average molecular weight is 231 g/mol. The Morgan fingerprint density at radius 2 is 2.06 bits per heavy atom. The number of hydrogen-bond acceptors (Lipinski definition) is 2. The molecule has 0 saturated carbocycles. The first-order valence-electron chi connectivity index (χ1n) is 6.51. The molecule has 17 heavy (non-hydrogen) atoms. The van der Waals surface area contributed by atoms with Gasteiger partial charge in [0.25, 0.3) is 0 Å². The van der Waals surface area contributed by atoms with Crippen LogP contribution in [0.5, 0.6) is 0 Å². The van der Waals surface area contributed by atoms with E-state index in [0.717, 1.165) is 38.0 Å². The van der Waals surface area contributed by atoms with Gasteiger partial charge in [-0.15, -0.1) is 0 Å². The van der Waals surface area contributed by atoms with Crippen LogP contribution in [0.4, 0.5) is 0 Å². The second-order valence-corrected chi connectivity index (χ2v) is 4.27. The first-order valence-corrected chi connectivity index (χ1v) is 6.51. The number of likely N-dealkylation sites (N-methyl/N-ethyl adjacent to an activating group) is 1. The molecule has 0 aliphatic rings. The van der Waals surface area contributed by atoms with E-state index in [1.807, 2.05) is 0 Å². The average Bonchev–Trinajstić information content (AvgIpc) is 2.69. The number of aryl methyl sites for hydroxylation is 1. The van der Waals surface area contributed by atoms with Gasteiger partial charge in [0, 0.05) is 19.5 Å². The summed E-state index contributed by atoms with van der Waals surface area (Å²) in [6.07, 6.45) is 2.20. The lowest BCUT2D eigenvalue weighted by atomic mass is 10.3. The number of imidazole rings is 1. The highest BCUT2D eigenvalue weighted by Gasteiger charge is 2.08. The highest BCUT2D eigenvalue weighted by Crippen LogP contribution is 2.16. The largest absolute Gasteiger partial charge is 0.327 e. The molecule has 1 aromatic carbocycles. The zero-order valence-electron chi connectivity index (χ0n) is 10.7. The van der Waals surface area contributed by atoms with Gasteiger partial charge in [-0.25, -0.2) is 4.98 Å². The molecule has 0 unspecified atom stereocenters. The van der Waals surface area contributed by atoms with E-state index < -0.39 is 0 Å². The van der Waals surface area contributed by atoms with E-state index in [1.165, 1.54) is 11.3 Å². The number of benzene rings is 1. The molecule has 2 aromatic rings. The van der Waals surface area contributed by atoms with Crippen molar-refractivity contribution in [3.8, 4) is 0 Å². The Bertz CT molecular complexity index is 473. The van der Waals surface area contributed by atoms with Crippen molar-refractivity contribution in [3.63, 3.8) is 0 Å². The van der Waals surface area contributed by atoms with Crippen molar-refractivity contribution in [2.45, 2.75) is 33.2 Å². The van der Waals surface area contributed by atoms with Crippen molar-refractivity contribution in [2.75, 3.05) is 13.1 Å². The van der Waals surface area contributed by atoms with Gasteiger partial charge in [0.2, 0.25) is 0 Å². The third-order valence-electron chi connectivity index (χ3n) is 2.97. The number of fused-ring (bicyclic) bond motifs is 1. The predicted molar refractivity (Wildman–Crippen MR) is 72.3 cm³/mol. The number of rotatable bonds is 6. The quantitative estimate of drug-likeness (QED) is 0.774. The number of aromatic nitrogens is 2. The van der Waals surface area contributed by atoms with Gasteiger partial charge in [0.05, 0.1) is 11.0 Å². The maximum atomic E-state index is 4.72. The van der Waals surface area contributed by atoms with Gasteiger partial charge in [0.15, 0.2) is 0 Å². The summed E-state index contributed by atoms with van der Waals surface area (Å²) in [5.41, 5.74) is 2.38. The van der Waals surface area contributed by atoms with Crippen LogP contribution < -0.4 is 5.32 Å². The van der Waals surface area contributed by atoms with E-state index in [0.29, 0.717) is 0 Å². The van der Waals surface area contributed by atoms with Crippen LogP contribution >= 0.6 is 0 Å². The fourth-order valence-electron chi connectivity index (χ4n) is 2.16. The Morgan fingerprint density at radius 1 is 1.24 bits per heavy atom. The fraction of sp³-hybridized carbons (Fsp3) is 0.500. The molecule has 0 saturated heterocycles. The first-order chi connectivity index (χ1) is 8.36. The highest BCUT2D eigenvalue weighted by molar-refractivity contribution is 5.75. The van der Waals surface area contributed by atoms with Crippen molar-refractivity contribution >= 4 is 11.0 Å². The molecular formula is C14H21N3. The molecule has 92 valence electrons. The van der Waals surface area contributed by atoms with Gasteiger partial charge in [-0.1, -0.05) is 26.0 Å². The summed E-state index contributed by atoms with van der Waals surface area (Å²) in [4.78, 5) is 4.72. The Morgan fingerprint density at radius 3 is 2.82 bits per heavy atom. The van der Waals surface area contributed by atoms with Gasteiger partial charge in [-0.3, -0.25) is 0 Å². The molecule has 3 heteroatoms. The molecule has 3 nitrogen and oxygen atoms in total. The Kier molecular flexibility index (Phi) is 4.15. The smallest absolute Gasteiger partial charge is 0.109 e. The standard InChI is InChI=1S/C14H21N3/c1-3-7-14-16-12-8-5-6-9-13(12)17(14)11-10-15-4-2/h5-6,8-9,15H,3-4,7,10-11H2,1-2H3. The Balaban J connectivity index is 2.30. The first kappa shape index (κ1) is 12.1. The van der Waals surface area contributed by atoms with Crippen molar-refractivity contribution in [3.05, 3.63) is 30.1 Å². The van der Waals surface area contributed by atoms with Crippen molar-refractivity contribution in [1.29, 1.82) is 0 Å². The van der Waals surface area contributed by atoms with Crippen LogP contribution in [0, 0.1) is 0 Å². The van der Waals surface area contributed by atoms with Crippen LogP contribution in [0.15, 0.2) is 24.3 Å². The lowest BCUT2D eigenvalue weighted by molar-refractivity contribution is 0.599. The van der Waals surface area contributed by atoms with Crippen LogP contribution in [0.3, 0.4) is 0 Å². The molecule has 0 amide bonds. The van der Waals surface area contributed by atoms with Gasteiger partial charge in [-0.05, 0) is 25.1 Å². The Labute approximate surface area is 103 Å². The fourth-order valence-corrected chi connectivity index (χ4v) is 2.16. The number of nitrogens with one attached hydrogen (secondary N) is 1. The second kappa shape index (κ2) is 5.82. The minimum atomic E-state index is 1.00. The van der Waals surface area contributed by atoms with E-state index in [1.54, 1.807) is 0 Å². The molecule has 2 rings (SSSR count). The molecule has 0 spiro atoms. The normalized spacial score (nSPS) is 11.2. The maximum Gasteiger partial charge on any atom is 0.109 e. The predicted octanol–water partition coefficient (Wildman–Crippen LogP) is 2.60. The zero-order valence-corrected chi connectivity index (χ0v) is 10.7. The van der Waals surface area contributed by atoms with Crippen LogP contribution in [0.25, 0.3) is 11.0 Å². The lowest BCUT2D eigenvalue weighted by Crippen LogP contribution is -2.20. The lowest BCUT2D eigenvalue weighted by Gasteiger charge is -2.08. The van der Waals surface area contributed by atoms with Gasteiger partial charge in [-0.2, -0.15) is 0 Å². The van der Waals surface area contributed by atoms with E-state index >= 15 is 0 Å². The van der Waals surface area contributed by atoms with E-state index in [-0.39, 0.29) is 0 Å². The molecule has 0 bridgehead atoms. The summed E-state index contributed by atoms with van der Waals surface area (Å²) in [7, 11) is 0. The van der Waals surface area contributed by atoms with Gasteiger partial charge >= 0.3 is 0 Å². The maximum absolute atomic E-state index is 4.72. The van der Waals surface area contributed by atoms with Crippen molar-refractivity contribution in [1.82, 2.24) is 14.9 Å².